The molecule has 0 unspecified atom stereocenters. The molecule has 0 fully saturated rings. The van der Waals surface area contributed by atoms with Crippen LogP contribution in [0, 0.1) is 5.82 Å². The molecule has 0 radical (unpaired) electrons. The predicted molar refractivity (Wildman–Crippen MR) is 115 cm³/mol. The van der Waals surface area contributed by atoms with E-state index in [1.54, 1.807) is 31.4 Å². The van der Waals surface area contributed by atoms with Crippen LogP contribution in [0.2, 0.25) is 10.0 Å². The number of halogens is 4. The number of anilines is 1. The van der Waals surface area contributed by atoms with Crippen molar-refractivity contribution in [3.05, 3.63) is 86.1 Å². The fourth-order valence-electron chi connectivity index (χ4n) is 2.63. The largest absolute Gasteiger partial charge is 0.493 e. The van der Waals surface area contributed by atoms with Gasteiger partial charge in [-0.2, -0.15) is 0 Å². The second kappa shape index (κ2) is 9.50. The average molecular weight is 485 g/mol. The molecule has 0 atom stereocenters. The van der Waals surface area contributed by atoms with Gasteiger partial charge in [0.1, 0.15) is 12.4 Å². The SMILES string of the molecule is COc1cc(CNc2ccc(Cl)cc2Cl)cc(Br)c1OCc1cccc(F)c1. The van der Waals surface area contributed by atoms with Crippen molar-refractivity contribution in [1.82, 2.24) is 0 Å². The highest BCUT2D eigenvalue weighted by molar-refractivity contribution is 9.10. The summed E-state index contributed by atoms with van der Waals surface area (Å²) >= 11 is 15.6. The summed E-state index contributed by atoms with van der Waals surface area (Å²) in [6, 6.07) is 15.4. The molecular formula is C21H17BrCl2FNO2. The van der Waals surface area contributed by atoms with Crippen LogP contribution < -0.4 is 14.8 Å². The molecule has 146 valence electrons. The van der Waals surface area contributed by atoms with Gasteiger partial charge in [-0.05, 0) is 69.5 Å². The number of rotatable bonds is 7. The van der Waals surface area contributed by atoms with Gasteiger partial charge in [0, 0.05) is 11.6 Å². The molecule has 0 amide bonds. The highest BCUT2D eigenvalue weighted by atomic mass is 79.9. The van der Waals surface area contributed by atoms with Gasteiger partial charge < -0.3 is 14.8 Å². The Morgan fingerprint density at radius 1 is 1.04 bits per heavy atom. The Kier molecular flexibility index (Phi) is 7.05. The fraction of sp³-hybridized carbons (Fsp3) is 0.143. The Bertz CT molecular complexity index is 985. The van der Waals surface area contributed by atoms with E-state index < -0.39 is 0 Å². The number of nitrogens with one attached hydrogen (secondary N) is 1. The number of hydrogen-bond donors (Lipinski definition) is 1. The first kappa shape index (κ1) is 20.8. The van der Waals surface area contributed by atoms with Gasteiger partial charge in [0.05, 0.1) is 22.3 Å². The summed E-state index contributed by atoms with van der Waals surface area (Å²) in [5.74, 6) is 0.833. The topological polar surface area (TPSA) is 30.5 Å². The maximum absolute atomic E-state index is 13.3. The fourth-order valence-corrected chi connectivity index (χ4v) is 3.71. The van der Waals surface area contributed by atoms with Crippen molar-refractivity contribution in [2.24, 2.45) is 0 Å². The van der Waals surface area contributed by atoms with Crippen molar-refractivity contribution in [3.8, 4) is 11.5 Å². The van der Waals surface area contributed by atoms with Crippen molar-refractivity contribution in [3.63, 3.8) is 0 Å². The molecule has 3 nitrogen and oxygen atoms in total. The van der Waals surface area contributed by atoms with Crippen molar-refractivity contribution < 1.29 is 13.9 Å². The molecule has 0 aromatic heterocycles. The van der Waals surface area contributed by atoms with E-state index in [4.69, 9.17) is 32.7 Å². The van der Waals surface area contributed by atoms with Gasteiger partial charge in [0.2, 0.25) is 0 Å². The van der Waals surface area contributed by atoms with Crippen LogP contribution in [0.1, 0.15) is 11.1 Å². The van der Waals surface area contributed by atoms with Crippen LogP contribution in [0.15, 0.2) is 59.1 Å². The van der Waals surface area contributed by atoms with E-state index in [0.29, 0.717) is 28.1 Å². The quantitative estimate of drug-likeness (QED) is 0.388. The molecule has 0 saturated carbocycles. The minimum absolute atomic E-state index is 0.227. The molecule has 0 bridgehead atoms. The number of hydrogen-bond acceptors (Lipinski definition) is 3. The van der Waals surface area contributed by atoms with E-state index in [2.05, 4.69) is 21.2 Å². The van der Waals surface area contributed by atoms with Crippen LogP contribution in [0.25, 0.3) is 0 Å². The Hall–Kier alpha value is -1.95. The van der Waals surface area contributed by atoms with Crippen molar-refractivity contribution in [1.29, 1.82) is 0 Å². The predicted octanol–water partition coefficient (Wildman–Crippen LogP) is 7.09. The molecule has 0 heterocycles. The Balaban J connectivity index is 1.73. The number of benzene rings is 3. The summed E-state index contributed by atoms with van der Waals surface area (Å²) in [4.78, 5) is 0. The van der Waals surface area contributed by atoms with Gasteiger partial charge in [0.15, 0.2) is 11.5 Å². The third-order valence-corrected chi connectivity index (χ3v) is 5.11. The highest BCUT2D eigenvalue weighted by Crippen LogP contribution is 2.37. The summed E-state index contributed by atoms with van der Waals surface area (Å²) < 4.78 is 25.4. The zero-order valence-electron chi connectivity index (χ0n) is 14.9. The number of methoxy groups -OCH3 is 1. The van der Waals surface area contributed by atoms with Crippen LogP contribution in [0.5, 0.6) is 11.5 Å². The maximum Gasteiger partial charge on any atom is 0.175 e. The van der Waals surface area contributed by atoms with Crippen molar-refractivity contribution >= 4 is 44.8 Å². The summed E-state index contributed by atoms with van der Waals surface area (Å²) in [6.45, 7) is 0.755. The van der Waals surface area contributed by atoms with E-state index in [9.17, 15) is 4.39 Å². The Morgan fingerprint density at radius 2 is 1.86 bits per heavy atom. The standard InChI is InChI=1S/C21H17BrCl2FNO2/c1-27-20-9-14(11-26-19-6-5-15(23)10-18(19)24)8-17(22)21(20)28-12-13-3-2-4-16(25)7-13/h2-10,26H,11-12H2,1H3. The van der Waals surface area contributed by atoms with Crippen molar-refractivity contribution in [2.45, 2.75) is 13.2 Å². The minimum atomic E-state index is -0.297. The van der Waals surface area contributed by atoms with E-state index in [-0.39, 0.29) is 12.4 Å². The van der Waals surface area contributed by atoms with Crippen molar-refractivity contribution in [2.75, 3.05) is 12.4 Å². The molecule has 0 aliphatic heterocycles. The molecule has 0 saturated heterocycles. The second-order valence-electron chi connectivity index (χ2n) is 6.01. The van der Waals surface area contributed by atoms with E-state index in [1.165, 1.54) is 12.1 Å². The third kappa shape index (κ3) is 5.31. The summed E-state index contributed by atoms with van der Waals surface area (Å²) in [7, 11) is 1.57. The monoisotopic (exact) mass is 483 g/mol. The van der Waals surface area contributed by atoms with Crippen LogP contribution in [-0.4, -0.2) is 7.11 Å². The number of ether oxygens (including phenoxy) is 2. The Labute approximate surface area is 181 Å². The van der Waals surface area contributed by atoms with Gasteiger partial charge in [-0.15, -0.1) is 0 Å². The average Bonchev–Trinajstić information content (AvgIpc) is 2.66. The second-order valence-corrected chi connectivity index (χ2v) is 7.70. The first-order valence-corrected chi connectivity index (χ1v) is 9.93. The van der Waals surface area contributed by atoms with Crippen LogP contribution in [0.3, 0.4) is 0 Å². The molecule has 1 N–H and O–H groups in total. The summed E-state index contributed by atoms with van der Waals surface area (Å²) in [5, 5.41) is 4.40. The minimum Gasteiger partial charge on any atom is -0.493 e. The van der Waals surface area contributed by atoms with E-state index in [0.717, 1.165) is 21.3 Å². The molecule has 0 aliphatic carbocycles. The highest BCUT2D eigenvalue weighted by Gasteiger charge is 2.13. The molecule has 0 aliphatic rings. The normalized spacial score (nSPS) is 10.6. The van der Waals surface area contributed by atoms with Crippen LogP contribution >= 0.6 is 39.1 Å². The molecule has 7 heteroatoms. The zero-order chi connectivity index (χ0) is 20.1. The Morgan fingerprint density at radius 3 is 2.57 bits per heavy atom. The summed E-state index contributed by atoms with van der Waals surface area (Å²) in [6.07, 6.45) is 0. The molecule has 3 aromatic rings. The van der Waals surface area contributed by atoms with E-state index >= 15 is 0 Å². The first-order chi connectivity index (χ1) is 13.5. The molecule has 28 heavy (non-hydrogen) atoms. The smallest absolute Gasteiger partial charge is 0.175 e. The van der Waals surface area contributed by atoms with Gasteiger partial charge in [-0.3, -0.25) is 0 Å². The lowest BCUT2D eigenvalue weighted by atomic mass is 10.2. The lowest BCUT2D eigenvalue weighted by molar-refractivity contribution is 0.282. The van der Waals surface area contributed by atoms with Gasteiger partial charge in [0.25, 0.3) is 0 Å². The maximum atomic E-state index is 13.3. The molecule has 3 rings (SSSR count). The molecule has 3 aromatic carbocycles. The van der Waals surface area contributed by atoms with E-state index in [1.807, 2.05) is 18.2 Å². The lowest BCUT2D eigenvalue weighted by Crippen LogP contribution is -2.03. The van der Waals surface area contributed by atoms with Gasteiger partial charge in [-0.25, -0.2) is 4.39 Å². The van der Waals surface area contributed by atoms with Crippen LogP contribution in [-0.2, 0) is 13.2 Å². The third-order valence-electron chi connectivity index (χ3n) is 3.98. The van der Waals surface area contributed by atoms with Crippen LogP contribution in [0.4, 0.5) is 10.1 Å². The summed E-state index contributed by atoms with van der Waals surface area (Å²) in [5.41, 5.74) is 2.48. The van der Waals surface area contributed by atoms with Gasteiger partial charge in [-0.1, -0.05) is 35.3 Å². The van der Waals surface area contributed by atoms with Gasteiger partial charge >= 0.3 is 0 Å². The zero-order valence-corrected chi connectivity index (χ0v) is 18.0. The lowest BCUT2D eigenvalue weighted by Gasteiger charge is -2.15. The molecule has 0 spiro atoms. The molecular weight excluding hydrogens is 468 g/mol. The first-order valence-electron chi connectivity index (χ1n) is 8.39.